The van der Waals surface area contributed by atoms with Gasteiger partial charge in [0.25, 0.3) is 0 Å². The quantitative estimate of drug-likeness (QED) is 0.691. The molecule has 19 heavy (non-hydrogen) atoms. The fourth-order valence-corrected chi connectivity index (χ4v) is 3.25. The minimum Gasteiger partial charge on any atom is -0.315 e. The molecule has 0 aliphatic rings. The molecule has 0 spiro atoms. The van der Waals surface area contributed by atoms with E-state index in [1.165, 1.54) is 0 Å². The Morgan fingerprint density at radius 2 is 1.47 bits per heavy atom. The molecule has 0 rings (SSSR count). The van der Waals surface area contributed by atoms with E-state index in [4.69, 9.17) is 0 Å². The molecule has 0 radical (unpaired) electrons. The molecule has 2 nitrogen and oxygen atoms in total. The minimum absolute atomic E-state index is 0.135. The van der Waals surface area contributed by atoms with Crippen LogP contribution in [0, 0.1) is 0 Å². The van der Waals surface area contributed by atoms with Gasteiger partial charge in [0, 0.05) is 18.0 Å². The number of hydrogen-bond donors (Lipinski definition) is 1. The number of likely N-dealkylation sites (N-methyl/N-ethyl adjacent to an activating group) is 2. The summed E-state index contributed by atoms with van der Waals surface area (Å²) in [6.45, 7) is 10.0. The normalized spacial score (nSPS) is 15.0. The SMILES string of the molecule is CCN(CC)C(CC)(CC)C(CCC(F)(F)F)NC. The Balaban J connectivity index is 5.08. The Morgan fingerprint density at radius 3 is 1.74 bits per heavy atom. The maximum absolute atomic E-state index is 12.5. The van der Waals surface area contributed by atoms with Crippen LogP contribution < -0.4 is 5.32 Å². The Labute approximate surface area is 115 Å². The molecule has 0 aromatic heterocycles. The highest BCUT2D eigenvalue weighted by atomic mass is 19.4. The average molecular weight is 282 g/mol. The summed E-state index contributed by atoms with van der Waals surface area (Å²) in [5, 5.41) is 3.12. The molecule has 0 aromatic carbocycles. The lowest BCUT2D eigenvalue weighted by Crippen LogP contribution is -2.60. The van der Waals surface area contributed by atoms with Gasteiger partial charge in [-0.25, -0.2) is 0 Å². The monoisotopic (exact) mass is 282 g/mol. The van der Waals surface area contributed by atoms with Crippen molar-refractivity contribution in [2.24, 2.45) is 0 Å². The second-order valence-electron chi connectivity index (χ2n) is 4.98. The number of halogens is 3. The van der Waals surface area contributed by atoms with Gasteiger partial charge in [-0.1, -0.05) is 27.7 Å². The Morgan fingerprint density at radius 1 is 1.00 bits per heavy atom. The van der Waals surface area contributed by atoms with Crippen LogP contribution >= 0.6 is 0 Å². The van der Waals surface area contributed by atoms with Crippen molar-refractivity contribution in [3.8, 4) is 0 Å². The van der Waals surface area contributed by atoms with Crippen LogP contribution in [0.1, 0.15) is 53.4 Å². The molecule has 0 saturated carbocycles. The van der Waals surface area contributed by atoms with Gasteiger partial charge in [-0.2, -0.15) is 13.2 Å². The molecular weight excluding hydrogens is 253 g/mol. The van der Waals surface area contributed by atoms with Crippen LogP contribution in [0.2, 0.25) is 0 Å². The fourth-order valence-electron chi connectivity index (χ4n) is 3.25. The molecule has 0 saturated heterocycles. The summed E-state index contributed by atoms with van der Waals surface area (Å²) in [6.07, 6.45) is -2.95. The smallest absolute Gasteiger partial charge is 0.315 e. The highest BCUT2D eigenvalue weighted by molar-refractivity contribution is 4.98. The largest absolute Gasteiger partial charge is 0.389 e. The third kappa shape index (κ3) is 4.95. The molecule has 0 fully saturated rings. The lowest BCUT2D eigenvalue weighted by atomic mass is 9.80. The van der Waals surface area contributed by atoms with Crippen LogP contribution in [0.3, 0.4) is 0 Å². The summed E-state index contributed by atoms with van der Waals surface area (Å²) in [5.74, 6) is 0. The van der Waals surface area contributed by atoms with Gasteiger partial charge in [0.05, 0.1) is 0 Å². The van der Waals surface area contributed by atoms with E-state index in [2.05, 4.69) is 37.9 Å². The lowest BCUT2D eigenvalue weighted by molar-refractivity contribution is -0.139. The molecule has 0 heterocycles. The van der Waals surface area contributed by atoms with Crippen molar-refractivity contribution in [1.29, 1.82) is 0 Å². The molecule has 5 heteroatoms. The van der Waals surface area contributed by atoms with Gasteiger partial charge in [-0.15, -0.1) is 0 Å². The van der Waals surface area contributed by atoms with Crippen LogP contribution in [-0.2, 0) is 0 Å². The first kappa shape index (κ1) is 18.7. The van der Waals surface area contributed by atoms with E-state index in [0.29, 0.717) is 0 Å². The van der Waals surface area contributed by atoms with Crippen molar-refractivity contribution in [3.05, 3.63) is 0 Å². The van der Waals surface area contributed by atoms with Crippen LogP contribution in [0.25, 0.3) is 0 Å². The van der Waals surface area contributed by atoms with E-state index in [1.807, 2.05) is 0 Å². The molecule has 1 unspecified atom stereocenters. The third-order valence-corrected chi connectivity index (χ3v) is 4.33. The highest BCUT2D eigenvalue weighted by Gasteiger charge is 2.40. The van der Waals surface area contributed by atoms with Gasteiger partial charge >= 0.3 is 6.18 Å². The molecule has 0 aliphatic carbocycles. The first-order valence-corrected chi connectivity index (χ1v) is 7.30. The summed E-state index contributed by atoms with van der Waals surface area (Å²) in [4.78, 5) is 2.30. The van der Waals surface area contributed by atoms with Crippen LogP contribution in [0.5, 0.6) is 0 Å². The highest BCUT2D eigenvalue weighted by Crippen LogP contribution is 2.32. The third-order valence-electron chi connectivity index (χ3n) is 4.33. The standard InChI is InChI=1S/C14H29F3N2/c1-6-13(7-2,19(8-3)9-4)12(18-5)10-11-14(15,16)17/h12,18H,6-11H2,1-5H3. The van der Waals surface area contributed by atoms with E-state index in [-0.39, 0.29) is 18.0 Å². The number of rotatable bonds is 9. The molecular formula is C14H29F3N2. The summed E-state index contributed by atoms with van der Waals surface area (Å²) in [6, 6.07) is -0.135. The fraction of sp³-hybridized carbons (Fsp3) is 1.00. The Hall–Kier alpha value is -0.290. The van der Waals surface area contributed by atoms with Crippen molar-refractivity contribution in [2.75, 3.05) is 20.1 Å². The van der Waals surface area contributed by atoms with Crippen LogP contribution in [-0.4, -0.2) is 42.8 Å². The summed E-state index contributed by atoms with van der Waals surface area (Å²) in [5.41, 5.74) is -0.191. The number of alkyl halides is 3. The minimum atomic E-state index is -4.08. The molecule has 0 amide bonds. The second kappa shape index (κ2) is 8.10. The number of hydrogen-bond acceptors (Lipinski definition) is 2. The number of nitrogens with one attached hydrogen (secondary N) is 1. The molecule has 1 atom stereocenters. The zero-order valence-electron chi connectivity index (χ0n) is 12.9. The van der Waals surface area contributed by atoms with Crippen molar-refractivity contribution in [1.82, 2.24) is 10.2 Å². The van der Waals surface area contributed by atoms with Crippen molar-refractivity contribution in [3.63, 3.8) is 0 Å². The van der Waals surface area contributed by atoms with Gasteiger partial charge in [0.1, 0.15) is 0 Å². The predicted octanol–water partition coefficient (Wildman–Crippen LogP) is 3.82. The summed E-state index contributed by atoms with van der Waals surface area (Å²) < 4.78 is 37.4. The van der Waals surface area contributed by atoms with Gasteiger partial charge in [-0.3, -0.25) is 4.90 Å². The molecule has 1 N–H and O–H groups in total. The maximum Gasteiger partial charge on any atom is 0.389 e. The topological polar surface area (TPSA) is 15.3 Å². The Kier molecular flexibility index (Phi) is 7.98. The van der Waals surface area contributed by atoms with Crippen LogP contribution in [0.15, 0.2) is 0 Å². The average Bonchev–Trinajstić information content (AvgIpc) is 2.36. The van der Waals surface area contributed by atoms with E-state index in [0.717, 1.165) is 25.9 Å². The van der Waals surface area contributed by atoms with Gasteiger partial charge in [-0.05, 0) is 39.4 Å². The Bertz CT molecular complexity index is 233. The van der Waals surface area contributed by atoms with E-state index < -0.39 is 12.6 Å². The van der Waals surface area contributed by atoms with Gasteiger partial charge < -0.3 is 5.32 Å². The van der Waals surface area contributed by atoms with E-state index >= 15 is 0 Å². The molecule has 0 aliphatic heterocycles. The zero-order valence-corrected chi connectivity index (χ0v) is 12.9. The molecule has 116 valence electrons. The van der Waals surface area contributed by atoms with Crippen molar-refractivity contribution < 1.29 is 13.2 Å². The van der Waals surface area contributed by atoms with Gasteiger partial charge in [0.2, 0.25) is 0 Å². The predicted molar refractivity (Wildman–Crippen MR) is 74.4 cm³/mol. The van der Waals surface area contributed by atoms with Crippen LogP contribution in [0.4, 0.5) is 13.2 Å². The lowest BCUT2D eigenvalue weighted by Gasteiger charge is -2.48. The van der Waals surface area contributed by atoms with Crippen molar-refractivity contribution in [2.45, 2.75) is 71.1 Å². The van der Waals surface area contributed by atoms with Crippen molar-refractivity contribution >= 4 is 0 Å². The maximum atomic E-state index is 12.5. The summed E-state index contributed by atoms with van der Waals surface area (Å²) >= 11 is 0. The zero-order chi connectivity index (χ0) is 15.1. The first-order valence-electron chi connectivity index (χ1n) is 7.30. The number of nitrogens with zero attached hydrogens (tertiary/aromatic N) is 1. The first-order chi connectivity index (χ1) is 8.81. The van der Waals surface area contributed by atoms with Gasteiger partial charge in [0.15, 0.2) is 0 Å². The van der Waals surface area contributed by atoms with E-state index in [1.54, 1.807) is 7.05 Å². The molecule has 0 bridgehead atoms. The summed E-state index contributed by atoms with van der Waals surface area (Å²) in [7, 11) is 1.77. The van der Waals surface area contributed by atoms with E-state index in [9.17, 15) is 13.2 Å². The second-order valence-corrected chi connectivity index (χ2v) is 4.98. The molecule has 0 aromatic rings.